The van der Waals surface area contributed by atoms with Crippen LogP contribution < -0.4 is 10.6 Å². The number of guanidine groups is 1. The Morgan fingerprint density at radius 3 is 2.58 bits per heavy atom. The highest BCUT2D eigenvalue weighted by atomic mass is 16.5. The topological polar surface area (TPSA) is 96.2 Å². The molecule has 2 N–H and O–H groups in total. The van der Waals surface area contributed by atoms with Gasteiger partial charge in [-0.2, -0.15) is 0 Å². The van der Waals surface area contributed by atoms with Crippen LogP contribution in [0.2, 0.25) is 0 Å². The Bertz CT molecular complexity index is 829. The number of allylic oxidation sites excluding steroid dienone is 2. The Morgan fingerprint density at radius 1 is 1.13 bits per heavy atom. The van der Waals surface area contributed by atoms with E-state index in [0.29, 0.717) is 32.1 Å². The van der Waals surface area contributed by atoms with Crippen LogP contribution in [0.4, 0.5) is 0 Å². The van der Waals surface area contributed by atoms with Crippen LogP contribution in [-0.4, -0.2) is 61.6 Å². The van der Waals surface area contributed by atoms with Crippen LogP contribution >= 0.6 is 0 Å². The van der Waals surface area contributed by atoms with E-state index >= 15 is 0 Å². The van der Waals surface area contributed by atoms with Crippen molar-refractivity contribution in [2.24, 2.45) is 28.7 Å². The maximum absolute atomic E-state index is 12.8. The monoisotopic (exact) mass is 426 g/mol. The average molecular weight is 427 g/mol. The second kappa shape index (κ2) is 8.86. The second-order valence-corrected chi connectivity index (χ2v) is 8.84. The van der Waals surface area contributed by atoms with Gasteiger partial charge in [0.2, 0.25) is 11.8 Å². The van der Waals surface area contributed by atoms with Crippen molar-refractivity contribution in [1.82, 2.24) is 15.5 Å². The van der Waals surface area contributed by atoms with E-state index in [0.717, 1.165) is 38.1 Å². The fourth-order valence-electron chi connectivity index (χ4n) is 5.39. The molecule has 0 radical (unpaired) electrons. The molecule has 8 heteroatoms. The first kappa shape index (κ1) is 20.3. The van der Waals surface area contributed by atoms with Gasteiger partial charge in [-0.3, -0.25) is 19.5 Å². The fourth-order valence-corrected chi connectivity index (χ4v) is 5.39. The molecule has 1 aromatic rings. The van der Waals surface area contributed by atoms with E-state index in [4.69, 9.17) is 9.15 Å². The van der Waals surface area contributed by atoms with Gasteiger partial charge in [0, 0.05) is 32.7 Å². The number of carbonyl (C=O) groups is 2. The van der Waals surface area contributed by atoms with Gasteiger partial charge in [0.05, 0.1) is 30.7 Å². The first-order valence-corrected chi connectivity index (χ1v) is 11.4. The van der Waals surface area contributed by atoms with E-state index in [1.807, 2.05) is 12.1 Å². The molecule has 2 amide bonds. The number of carbonyl (C=O) groups excluding carboxylic acids is 2. The third kappa shape index (κ3) is 4.13. The van der Waals surface area contributed by atoms with Gasteiger partial charge in [-0.15, -0.1) is 0 Å². The molecule has 2 bridgehead atoms. The van der Waals surface area contributed by atoms with E-state index in [2.05, 4.69) is 27.8 Å². The quantitative estimate of drug-likeness (QED) is 0.282. The third-order valence-electron chi connectivity index (χ3n) is 6.91. The highest BCUT2D eigenvalue weighted by molar-refractivity contribution is 6.06. The maximum Gasteiger partial charge on any atom is 0.233 e. The number of nitrogens with zero attached hydrogens (tertiary/aromatic N) is 2. The number of amides is 2. The number of likely N-dealkylation sites (tertiary alicyclic amines) is 1. The van der Waals surface area contributed by atoms with E-state index in [1.165, 1.54) is 4.90 Å². The lowest BCUT2D eigenvalue weighted by Gasteiger charge is -2.19. The van der Waals surface area contributed by atoms with E-state index in [9.17, 15) is 9.59 Å². The summed E-state index contributed by atoms with van der Waals surface area (Å²) in [5.41, 5.74) is 0. The van der Waals surface area contributed by atoms with Gasteiger partial charge in [0.25, 0.3) is 0 Å². The van der Waals surface area contributed by atoms with Crippen LogP contribution in [-0.2, 0) is 20.7 Å². The highest BCUT2D eigenvalue weighted by Gasteiger charge is 2.58. The van der Waals surface area contributed by atoms with Gasteiger partial charge in [0.1, 0.15) is 5.76 Å². The van der Waals surface area contributed by atoms with Gasteiger partial charge in [-0.1, -0.05) is 12.2 Å². The maximum atomic E-state index is 12.8. The number of hydrogen-bond donors (Lipinski definition) is 2. The number of nitrogens with one attached hydrogen (secondary N) is 2. The van der Waals surface area contributed by atoms with Crippen molar-refractivity contribution in [1.29, 1.82) is 0 Å². The minimum absolute atomic E-state index is 0.00253. The number of imide groups is 1. The first-order chi connectivity index (χ1) is 15.2. The molecule has 5 unspecified atom stereocenters. The average Bonchev–Trinajstić information content (AvgIpc) is 3.59. The molecular weight excluding hydrogens is 396 g/mol. The molecule has 3 fully saturated rings. The minimum Gasteiger partial charge on any atom is -0.469 e. The van der Waals surface area contributed by atoms with Crippen LogP contribution in [0.15, 0.2) is 40.0 Å². The van der Waals surface area contributed by atoms with Crippen molar-refractivity contribution < 1.29 is 18.7 Å². The molecule has 3 heterocycles. The molecule has 4 aliphatic rings. The largest absolute Gasteiger partial charge is 0.469 e. The van der Waals surface area contributed by atoms with Crippen molar-refractivity contribution in [3.8, 4) is 0 Å². The molecule has 1 aromatic heterocycles. The van der Waals surface area contributed by atoms with Crippen LogP contribution in [0.25, 0.3) is 0 Å². The number of rotatable bonds is 8. The molecular formula is C23H30N4O4. The first-order valence-electron chi connectivity index (χ1n) is 11.4. The van der Waals surface area contributed by atoms with Gasteiger partial charge in [-0.05, 0) is 43.2 Å². The molecule has 8 nitrogen and oxygen atoms in total. The summed E-state index contributed by atoms with van der Waals surface area (Å²) in [7, 11) is 0. The number of ether oxygens (including phenoxy) is 1. The lowest BCUT2D eigenvalue weighted by atomic mass is 9.85. The number of furan rings is 1. The molecule has 166 valence electrons. The van der Waals surface area contributed by atoms with Gasteiger partial charge < -0.3 is 19.8 Å². The van der Waals surface area contributed by atoms with E-state index in [1.54, 1.807) is 6.26 Å². The summed E-state index contributed by atoms with van der Waals surface area (Å²) in [6, 6.07) is 3.82. The third-order valence-corrected chi connectivity index (χ3v) is 6.91. The zero-order chi connectivity index (χ0) is 21.2. The summed E-state index contributed by atoms with van der Waals surface area (Å²) in [5, 5.41) is 6.61. The predicted octanol–water partition coefficient (Wildman–Crippen LogP) is 1.34. The van der Waals surface area contributed by atoms with Crippen molar-refractivity contribution in [2.45, 2.75) is 31.8 Å². The van der Waals surface area contributed by atoms with Crippen molar-refractivity contribution in [3.05, 3.63) is 36.3 Å². The molecule has 2 aliphatic heterocycles. The summed E-state index contributed by atoms with van der Waals surface area (Å²) in [4.78, 5) is 31.8. The molecule has 2 aliphatic carbocycles. The van der Waals surface area contributed by atoms with E-state index < -0.39 is 0 Å². The van der Waals surface area contributed by atoms with Gasteiger partial charge in [-0.25, -0.2) is 0 Å². The SMILES string of the molecule is O=C1C2C3C=CC(C3)C2C(=O)N1CCNC(=NCC1CCCO1)NCCc1ccco1. The smallest absolute Gasteiger partial charge is 0.233 e. The van der Waals surface area contributed by atoms with Crippen LogP contribution in [0, 0.1) is 23.7 Å². The number of hydrogen-bond acceptors (Lipinski definition) is 5. The Hall–Kier alpha value is -2.61. The summed E-state index contributed by atoms with van der Waals surface area (Å²) in [6.07, 6.45) is 9.88. The minimum atomic E-state index is -0.137. The molecule has 5 rings (SSSR count). The van der Waals surface area contributed by atoms with Crippen molar-refractivity contribution >= 4 is 17.8 Å². The summed E-state index contributed by atoms with van der Waals surface area (Å²) in [5.74, 6) is 1.79. The Labute approximate surface area is 182 Å². The lowest BCUT2D eigenvalue weighted by Crippen LogP contribution is -2.44. The Balaban J connectivity index is 1.14. The fraction of sp³-hybridized carbons (Fsp3) is 0.609. The van der Waals surface area contributed by atoms with Gasteiger partial charge in [0.15, 0.2) is 5.96 Å². The van der Waals surface area contributed by atoms with Crippen LogP contribution in [0.5, 0.6) is 0 Å². The zero-order valence-electron chi connectivity index (χ0n) is 17.7. The van der Waals surface area contributed by atoms with Crippen molar-refractivity contribution in [2.75, 3.05) is 32.8 Å². The molecule has 0 aromatic carbocycles. The van der Waals surface area contributed by atoms with Crippen LogP contribution in [0.3, 0.4) is 0 Å². The lowest BCUT2D eigenvalue weighted by molar-refractivity contribution is -0.140. The normalized spacial score (nSPS) is 31.7. The van der Waals surface area contributed by atoms with E-state index in [-0.39, 0.29) is 41.6 Å². The standard InChI is InChI=1S/C23H30N4O4/c28-21-19-15-5-6-16(13-15)20(19)22(29)27(21)10-9-25-23(26-14-18-4-2-12-31-18)24-8-7-17-3-1-11-30-17/h1,3,5-6,11,15-16,18-20H,2,4,7-10,12-14H2,(H2,24,25,26). The molecule has 31 heavy (non-hydrogen) atoms. The number of fused-ring (bicyclic) bond motifs is 5. The summed E-state index contributed by atoms with van der Waals surface area (Å²) >= 11 is 0. The zero-order valence-corrected chi connectivity index (χ0v) is 17.7. The molecule has 1 saturated carbocycles. The molecule has 2 saturated heterocycles. The van der Waals surface area contributed by atoms with Crippen LogP contribution in [0.1, 0.15) is 25.0 Å². The van der Waals surface area contributed by atoms with Gasteiger partial charge >= 0.3 is 0 Å². The predicted molar refractivity (Wildman–Crippen MR) is 114 cm³/mol. The molecule has 5 atom stereocenters. The summed E-state index contributed by atoms with van der Waals surface area (Å²) < 4.78 is 11.0. The second-order valence-electron chi connectivity index (χ2n) is 8.84. The summed E-state index contributed by atoms with van der Waals surface area (Å²) in [6.45, 7) is 2.90. The number of aliphatic imine (C=N–C) groups is 1. The van der Waals surface area contributed by atoms with Crippen molar-refractivity contribution in [3.63, 3.8) is 0 Å². The Morgan fingerprint density at radius 2 is 1.90 bits per heavy atom. The Kier molecular flexibility index (Phi) is 5.80. The highest BCUT2D eigenvalue weighted by Crippen LogP contribution is 2.52. The molecule has 0 spiro atoms.